The maximum atomic E-state index is 13.4. The fourth-order valence-corrected chi connectivity index (χ4v) is 5.18. The van der Waals surface area contributed by atoms with Crippen LogP contribution in [0.5, 0.6) is 0 Å². The molecule has 0 bridgehead atoms. The van der Waals surface area contributed by atoms with E-state index >= 15 is 0 Å². The lowest BCUT2D eigenvalue weighted by Gasteiger charge is -2.38. The van der Waals surface area contributed by atoms with Gasteiger partial charge in [-0.1, -0.05) is 18.2 Å². The van der Waals surface area contributed by atoms with Crippen molar-refractivity contribution in [1.82, 2.24) is 14.9 Å². The van der Waals surface area contributed by atoms with E-state index in [1.807, 2.05) is 30.4 Å². The summed E-state index contributed by atoms with van der Waals surface area (Å²) in [5.41, 5.74) is 11.0. The highest BCUT2D eigenvalue weighted by atomic mass is 16.2. The third-order valence-corrected chi connectivity index (χ3v) is 6.59. The average molecular weight is 379 g/mol. The lowest BCUT2D eigenvalue weighted by molar-refractivity contribution is 0.0595. The number of fused-ring (bicyclic) bond motifs is 4. The van der Waals surface area contributed by atoms with Crippen molar-refractivity contribution in [2.45, 2.75) is 31.2 Å². The quantitative estimate of drug-likeness (QED) is 0.661. The Labute approximate surface area is 169 Å². The summed E-state index contributed by atoms with van der Waals surface area (Å²) in [6.45, 7) is 0.829. The molecule has 2 aromatic carbocycles. The van der Waals surface area contributed by atoms with E-state index < -0.39 is 0 Å². The van der Waals surface area contributed by atoms with Gasteiger partial charge in [-0.05, 0) is 72.4 Å². The van der Waals surface area contributed by atoms with Gasteiger partial charge in [-0.15, -0.1) is 5.73 Å². The normalized spacial score (nSPS) is 22.1. The molecule has 2 atom stereocenters. The first kappa shape index (κ1) is 16.6. The zero-order valence-electron chi connectivity index (χ0n) is 16.1. The van der Waals surface area contributed by atoms with Crippen LogP contribution in [-0.4, -0.2) is 33.4 Å². The van der Waals surface area contributed by atoms with E-state index in [1.165, 1.54) is 16.7 Å². The molecule has 29 heavy (non-hydrogen) atoms. The first-order valence-corrected chi connectivity index (χ1v) is 10.3. The zero-order valence-corrected chi connectivity index (χ0v) is 16.1. The maximum Gasteiger partial charge on any atom is 0.254 e. The minimum absolute atomic E-state index is 0.127. The summed E-state index contributed by atoms with van der Waals surface area (Å²) in [5, 5.41) is 0. The number of likely N-dealkylation sites (tertiary alicyclic amines) is 1. The zero-order chi connectivity index (χ0) is 19.4. The van der Waals surface area contributed by atoms with E-state index in [4.69, 9.17) is 0 Å². The van der Waals surface area contributed by atoms with Crippen LogP contribution in [-0.2, 0) is 6.42 Å². The summed E-state index contributed by atoms with van der Waals surface area (Å²) in [6.07, 6.45) is 10.9. The van der Waals surface area contributed by atoms with Crippen LogP contribution in [0.15, 0.2) is 66.7 Å². The third-order valence-electron chi connectivity index (χ3n) is 6.59. The van der Waals surface area contributed by atoms with Crippen LogP contribution in [0.4, 0.5) is 0 Å². The Kier molecular flexibility index (Phi) is 3.62. The summed E-state index contributed by atoms with van der Waals surface area (Å²) in [7, 11) is 0. The van der Waals surface area contributed by atoms with Gasteiger partial charge < -0.3 is 9.88 Å². The second-order valence-electron chi connectivity index (χ2n) is 8.15. The lowest BCUT2D eigenvalue weighted by atomic mass is 9.87. The molecule has 1 N–H and O–H groups in total. The number of hydrogen-bond acceptors (Lipinski definition) is 2. The molecule has 2 heterocycles. The number of carbonyl (C=O) groups excluding carboxylic acids is 1. The first-order chi connectivity index (χ1) is 14.3. The Balaban J connectivity index is 1.33. The third kappa shape index (κ3) is 2.60. The van der Waals surface area contributed by atoms with Crippen LogP contribution in [0.2, 0.25) is 0 Å². The highest BCUT2D eigenvalue weighted by Gasteiger charge is 2.41. The molecule has 1 fully saturated rings. The van der Waals surface area contributed by atoms with E-state index in [0.29, 0.717) is 5.92 Å². The van der Waals surface area contributed by atoms with E-state index in [9.17, 15) is 4.79 Å². The molecule has 0 radical (unpaired) electrons. The summed E-state index contributed by atoms with van der Waals surface area (Å²) in [5.74, 6) is 0.550. The van der Waals surface area contributed by atoms with Gasteiger partial charge in [0.15, 0.2) is 0 Å². The van der Waals surface area contributed by atoms with Gasteiger partial charge in [-0.25, -0.2) is 4.98 Å². The molecular weight excluding hydrogens is 358 g/mol. The minimum atomic E-state index is 0.127. The molecule has 3 aromatic rings. The molecule has 2 unspecified atom stereocenters. The Bertz CT molecular complexity index is 1240. The summed E-state index contributed by atoms with van der Waals surface area (Å²) < 4.78 is 0. The number of rotatable bonds is 2. The van der Waals surface area contributed by atoms with Crippen molar-refractivity contribution in [3.8, 4) is 0 Å². The van der Waals surface area contributed by atoms with Crippen molar-refractivity contribution >= 4 is 22.5 Å². The number of hydrogen-bond donors (Lipinski definition) is 1. The van der Waals surface area contributed by atoms with Gasteiger partial charge in [0.2, 0.25) is 0 Å². The molecule has 2 aliphatic carbocycles. The van der Waals surface area contributed by atoms with Gasteiger partial charge in [-0.2, -0.15) is 0 Å². The standard InChI is InChI=1S/C25H21N3O/c29-25(19-9-10-22-23(13-19)27-15-26-22)28-11-3-6-20-21-12-17(16-4-1-2-5-16)7-8-18(21)14-24(20)28/h1-2,4,7-10,12-13,15,20,24H,3,6,11,14H2,(H,26,27). The Morgan fingerprint density at radius 3 is 3.07 bits per heavy atom. The number of aromatic nitrogens is 2. The Morgan fingerprint density at radius 1 is 1.21 bits per heavy atom. The SMILES string of the molecule is O=C(c1ccc2[nH]cnc2c1)N1CCCC2c3cc(C4=C=CC=C4)ccc3CC21. The van der Waals surface area contributed by atoms with Crippen molar-refractivity contribution in [2.75, 3.05) is 6.54 Å². The van der Waals surface area contributed by atoms with E-state index in [-0.39, 0.29) is 11.9 Å². The van der Waals surface area contributed by atoms with Crippen LogP contribution < -0.4 is 0 Å². The molecule has 4 heteroatoms. The van der Waals surface area contributed by atoms with Crippen molar-refractivity contribution in [1.29, 1.82) is 0 Å². The second-order valence-corrected chi connectivity index (χ2v) is 8.15. The average Bonchev–Trinajstić information content (AvgIpc) is 3.51. The monoisotopic (exact) mass is 379 g/mol. The summed E-state index contributed by atoms with van der Waals surface area (Å²) in [4.78, 5) is 22.9. The number of imidazole rings is 1. The Morgan fingerprint density at radius 2 is 2.17 bits per heavy atom. The number of allylic oxidation sites excluding steroid dienone is 3. The van der Waals surface area contributed by atoms with Gasteiger partial charge in [0.1, 0.15) is 0 Å². The largest absolute Gasteiger partial charge is 0.345 e. The molecule has 6 rings (SSSR count). The first-order valence-electron chi connectivity index (χ1n) is 10.3. The number of carbonyl (C=O) groups is 1. The fourth-order valence-electron chi connectivity index (χ4n) is 5.18. The molecule has 4 nitrogen and oxygen atoms in total. The molecule has 0 spiro atoms. The number of nitrogens with zero attached hydrogens (tertiary/aromatic N) is 2. The molecule has 1 aliphatic heterocycles. The molecular formula is C25H21N3O. The van der Waals surface area contributed by atoms with Crippen LogP contribution in [0.3, 0.4) is 0 Å². The number of piperidine rings is 1. The van der Waals surface area contributed by atoms with E-state index in [2.05, 4.69) is 44.9 Å². The summed E-state index contributed by atoms with van der Waals surface area (Å²) >= 11 is 0. The van der Waals surface area contributed by atoms with E-state index in [0.717, 1.165) is 48.0 Å². The minimum Gasteiger partial charge on any atom is -0.345 e. The molecule has 1 amide bonds. The van der Waals surface area contributed by atoms with Gasteiger partial charge in [0.05, 0.1) is 17.4 Å². The number of aromatic amines is 1. The topological polar surface area (TPSA) is 49.0 Å². The second kappa shape index (κ2) is 6.33. The van der Waals surface area contributed by atoms with Gasteiger partial charge in [0.25, 0.3) is 5.91 Å². The van der Waals surface area contributed by atoms with E-state index in [1.54, 1.807) is 6.33 Å². The van der Waals surface area contributed by atoms with Crippen molar-refractivity contribution in [3.63, 3.8) is 0 Å². The molecule has 0 saturated carbocycles. The predicted molar refractivity (Wildman–Crippen MR) is 114 cm³/mol. The highest BCUT2D eigenvalue weighted by molar-refractivity contribution is 5.97. The smallest absolute Gasteiger partial charge is 0.254 e. The molecule has 1 saturated heterocycles. The lowest BCUT2D eigenvalue weighted by Crippen LogP contribution is -2.46. The highest BCUT2D eigenvalue weighted by Crippen LogP contribution is 2.43. The van der Waals surface area contributed by atoms with Gasteiger partial charge in [-0.3, -0.25) is 4.79 Å². The number of H-pyrrole nitrogens is 1. The fraction of sp³-hybridized carbons (Fsp3) is 0.240. The number of amides is 1. The van der Waals surface area contributed by atoms with Gasteiger partial charge >= 0.3 is 0 Å². The molecule has 142 valence electrons. The molecule has 1 aromatic heterocycles. The maximum absolute atomic E-state index is 13.4. The van der Waals surface area contributed by atoms with Crippen LogP contribution in [0.25, 0.3) is 16.6 Å². The molecule has 3 aliphatic rings. The van der Waals surface area contributed by atoms with Crippen molar-refractivity contribution < 1.29 is 4.79 Å². The van der Waals surface area contributed by atoms with Gasteiger partial charge in [0, 0.05) is 29.6 Å². The number of nitrogens with one attached hydrogen (secondary N) is 1. The summed E-state index contributed by atoms with van der Waals surface area (Å²) in [6, 6.07) is 12.8. The van der Waals surface area contributed by atoms with Crippen LogP contribution in [0.1, 0.15) is 45.8 Å². The van der Waals surface area contributed by atoms with Crippen LogP contribution in [0, 0.1) is 0 Å². The van der Waals surface area contributed by atoms with Crippen molar-refractivity contribution in [3.05, 3.63) is 88.9 Å². The predicted octanol–water partition coefficient (Wildman–Crippen LogP) is 4.62. The van der Waals surface area contributed by atoms with Crippen LogP contribution >= 0.6 is 0 Å². The number of benzene rings is 2. The Hall–Kier alpha value is -3.36. The van der Waals surface area contributed by atoms with Crippen molar-refractivity contribution in [2.24, 2.45) is 0 Å².